The van der Waals surface area contributed by atoms with Crippen LogP contribution in [-0.4, -0.2) is 25.6 Å². The maximum Gasteiger partial charge on any atom is 0.305 e. The fraction of sp³-hybridized carbons (Fsp3) is 0.188. The molecular formula is C16H14FN3O2. The number of carboxylic acid groups (broad SMARTS) is 1. The Kier molecular flexibility index (Phi) is 3.58. The lowest BCUT2D eigenvalue weighted by Gasteiger charge is -2.07. The minimum Gasteiger partial charge on any atom is -0.481 e. The van der Waals surface area contributed by atoms with Crippen LogP contribution in [0.3, 0.4) is 0 Å². The zero-order valence-corrected chi connectivity index (χ0v) is 12.0. The zero-order chi connectivity index (χ0) is 15.7. The molecule has 0 saturated carbocycles. The summed E-state index contributed by atoms with van der Waals surface area (Å²) < 4.78 is 14.9. The van der Waals surface area contributed by atoms with Crippen molar-refractivity contribution in [2.75, 3.05) is 0 Å². The van der Waals surface area contributed by atoms with E-state index in [0.29, 0.717) is 17.0 Å². The smallest absolute Gasteiger partial charge is 0.305 e. The molecule has 2 heterocycles. The van der Waals surface area contributed by atoms with Gasteiger partial charge in [0.2, 0.25) is 0 Å². The predicted octanol–water partition coefficient (Wildman–Crippen LogP) is 3.02. The number of pyridine rings is 1. The van der Waals surface area contributed by atoms with Gasteiger partial charge in [-0.15, -0.1) is 0 Å². The quantitative estimate of drug-likeness (QED) is 0.804. The Bertz CT molecular complexity index is 840. The van der Waals surface area contributed by atoms with Crippen molar-refractivity contribution >= 4 is 17.1 Å². The van der Waals surface area contributed by atoms with Crippen molar-refractivity contribution in [3.63, 3.8) is 0 Å². The zero-order valence-electron chi connectivity index (χ0n) is 12.0. The molecule has 0 aliphatic carbocycles. The van der Waals surface area contributed by atoms with Gasteiger partial charge in [0.25, 0.3) is 0 Å². The highest BCUT2D eigenvalue weighted by atomic mass is 19.1. The molecule has 2 aromatic heterocycles. The number of aryl methyl sites for hydroxylation is 2. The van der Waals surface area contributed by atoms with Gasteiger partial charge >= 0.3 is 5.97 Å². The van der Waals surface area contributed by atoms with Crippen molar-refractivity contribution < 1.29 is 14.3 Å². The van der Waals surface area contributed by atoms with Crippen LogP contribution in [-0.2, 0) is 11.3 Å². The number of imidazole rings is 1. The van der Waals surface area contributed by atoms with E-state index in [1.807, 2.05) is 13.0 Å². The third-order valence-electron chi connectivity index (χ3n) is 3.37. The molecule has 112 valence electrons. The predicted molar refractivity (Wildman–Crippen MR) is 79.9 cm³/mol. The second-order valence-electron chi connectivity index (χ2n) is 5.09. The molecule has 3 aromatic rings. The van der Waals surface area contributed by atoms with Crippen molar-refractivity contribution in [1.29, 1.82) is 0 Å². The van der Waals surface area contributed by atoms with E-state index >= 15 is 0 Å². The molecule has 3 rings (SSSR count). The molecule has 1 N–H and O–H groups in total. The summed E-state index contributed by atoms with van der Waals surface area (Å²) in [6.07, 6.45) is 1.69. The van der Waals surface area contributed by atoms with Gasteiger partial charge < -0.3 is 9.67 Å². The van der Waals surface area contributed by atoms with Crippen molar-refractivity contribution in [3.05, 3.63) is 47.9 Å². The molecule has 0 bridgehead atoms. The van der Waals surface area contributed by atoms with Crippen molar-refractivity contribution in [1.82, 2.24) is 14.5 Å². The Labute approximate surface area is 126 Å². The summed E-state index contributed by atoms with van der Waals surface area (Å²) in [5, 5.41) is 8.92. The molecule has 0 radical (unpaired) electrons. The highest BCUT2D eigenvalue weighted by Crippen LogP contribution is 2.24. The first-order chi connectivity index (χ1) is 10.5. The van der Waals surface area contributed by atoms with Crippen LogP contribution in [0.15, 0.2) is 36.5 Å². The summed E-state index contributed by atoms with van der Waals surface area (Å²) >= 11 is 0. The van der Waals surface area contributed by atoms with E-state index in [9.17, 15) is 9.18 Å². The first-order valence-electron chi connectivity index (χ1n) is 6.85. The van der Waals surface area contributed by atoms with Gasteiger partial charge in [0, 0.05) is 18.3 Å². The summed E-state index contributed by atoms with van der Waals surface area (Å²) in [4.78, 5) is 19.8. The highest BCUT2D eigenvalue weighted by Gasteiger charge is 2.14. The normalized spacial score (nSPS) is 11.0. The lowest BCUT2D eigenvalue weighted by Crippen LogP contribution is -2.06. The molecule has 22 heavy (non-hydrogen) atoms. The molecule has 0 aliphatic heterocycles. The van der Waals surface area contributed by atoms with Crippen LogP contribution in [0.5, 0.6) is 0 Å². The summed E-state index contributed by atoms with van der Waals surface area (Å²) in [7, 11) is 0. The van der Waals surface area contributed by atoms with E-state index in [1.54, 1.807) is 22.9 Å². The number of hydrogen-bond acceptors (Lipinski definition) is 3. The van der Waals surface area contributed by atoms with E-state index in [-0.39, 0.29) is 18.8 Å². The number of halogens is 1. The Morgan fingerprint density at radius 3 is 2.73 bits per heavy atom. The summed E-state index contributed by atoms with van der Waals surface area (Å²) in [5.74, 6) is -0.626. The second kappa shape index (κ2) is 5.55. The third kappa shape index (κ3) is 2.67. The number of nitrogens with zero attached hydrogens (tertiary/aromatic N) is 3. The average Bonchev–Trinajstić information content (AvgIpc) is 2.83. The molecule has 0 saturated heterocycles. The van der Waals surface area contributed by atoms with E-state index in [4.69, 9.17) is 5.11 Å². The topological polar surface area (TPSA) is 68.0 Å². The molecule has 6 heteroatoms. The van der Waals surface area contributed by atoms with Crippen LogP contribution < -0.4 is 0 Å². The number of carboxylic acids is 1. The second-order valence-corrected chi connectivity index (χ2v) is 5.09. The van der Waals surface area contributed by atoms with Crippen LogP contribution >= 0.6 is 0 Å². The van der Waals surface area contributed by atoms with Crippen LogP contribution in [0, 0.1) is 12.7 Å². The maximum atomic E-state index is 13.1. The monoisotopic (exact) mass is 299 g/mol. The first-order valence-corrected chi connectivity index (χ1v) is 6.85. The van der Waals surface area contributed by atoms with Gasteiger partial charge in [-0.25, -0.2) is 14.4 Å². The van der Waals surface area contributed by atoms with Gasteiger partial charge in [-0.3, -0.25) is 4.79 Å². The Morgan fingerprint density at radius 1 is 1.32 bits per heavy atom. The molecular weight excluding hydrogens is 285 g/mol. The molecule has 0 amide bonds. The van der Waals surface area contributed by atoms with E-state index in [0.717, 1.165) is 11.1 Å². The van der Waals surface area contributed by atoms with Gasteiger partial charge in [0.15, 0.2) is 5.65 Å². The minimum atomic E-state index is -0.890. The average molecular weight is 299 g/mol. The van der Waals surface area contributed by atoms with E-state index < -0.39 is 5.97 Å². The van der Waals surface area contributed by atoms with E-state index in [2.05, 4.69) is 9.97 Å². The number of carbonyl (C=O) groups is 1. The number of aliphatic carboxylic acids is 1. The highest BCUT2D eigenvalue weighted by molar-refractivity contribution is 5.78. The Hall–Kier alpha value is -2.76. The Balaban J connectivity index is 2.16. The number of rotatable bonds is 4. The Morgan fingerprint density at radius 2 is 2.05 bits per heavy atom. The summed E-state index contributed by atoms with van der Waals surface area (Å²) in [6.45, 7) is 2.18. The number of fused-ring (bicyclic) bond motifs is 1. The van der Waals surface area contributed by atoms with Gasteiger partial charge in [0.1, 0.15) is 17.2 Å². The summed E-state index contributed by atoms with van der Waals surface area (Å²) in [5.41, 5.74) is 3.03. The molecule has 0 atom stereocenters. The van der Waals surface area contributed by atoms with E-state index in [1.165, 1.54) is 12.1 Å². The van der Waals surface area contributed by atoms with Crippen LogP contribution in [0.25, 0.3) is 22.6 Å². The molecule has 0 fully saturated rings. The van der Waals surface area contributed by atoms with Crippen molar-refractivity contribution in [3.8, 4) is 11.4 Å². The molecule has 0 spiro atoms. The summed E-state index contributed by atoms with van der Waals surface area (Å²) in [6, 6.07) is 7.86. The van der Waals surface area contributed by atoms with Crippen molar-refractivity contribution in [2.45, 2.75) is 19.9 Å². The fourth-order valence-corrected chi connectivity index (χ4v) is 2.35. The molecule has 1 aromatic carbocycles. The third-order valence-corrected chi connectivity index (χ3v) is 3.37. The first kappa shape index (κ1) is 14.2. The van der Waals surface area contributed by atoms with Gasteiger partial charge in [-0.2, -0.15) is 0 Å². The van der Waals surface area contributed by atoms with Gasteiger partial charge in [0.05, 0.1) is 6.42 Å². The van der Waals surface area contributed by atoms with Crippen LogP contribution in [0.2, 0.25) is 0 Å². The lowest BCUT2D eigenvalue weighted by molar-refractivity contribution is -0.137. The van der Waals surface area contributed by atoms with Crippen LogP contribution in [0.4, 0.5) is 4.39 Å². The standard InChI is InChI=1S/C16H14FN3O2/c1-10-8-13-16(18-9-10)20(7-6-14(21)22)15(19-13)11-2-4-12(17)5-3-11/h2-5,8-9H,6-7H2,1H3,(H,21,22). The molecule has 0 unspecified atom stereocenters. The van der Waals surface area contributed by atoms with Gasteiger partial charge in [-0.05, 0) is 42.8 Å². The van der Waals surface area contributed by atoms with Gasteiger partial charge in [-0.1, -0.05) is 0 Å². The van der Waals surface area contributed by atoms with Crippen LogP contribution in [0.1, 0.15) is 12.0 Å². The number of aromatic nitrogens is 3. The maximum absolute atomic E-state index is 13.1. The largest absolute Gasteiger partial charge is 0.481 e. The van der Waals surface area contributed by atoms with Crippen molar-refractivity contribution in [2.24, 2.45) is 0 Å². The fourth-order valence-electron chi connectivity index (χ4n) is 2.35. The number of benzene rings is 1. The number of hydrogen-bond donors (Lipinski definition) is 1. The molecule has 5 nitrogen and oxygen atoms in total. The lowest BCUT2D eigenvalue weighted by atomic mass is 10.2. The molecule has 0 aliphatic rings. The minimum absolute atomic E-state index is 0.0325. The SMILES string of the molecule is Cc1cnc2c(c1)nc(-c1ccc(F)cc1)n2CCC(=O)O.